The molecule has 0 spiro atoms. The van der Waals surface area contributed by atoms with Crippen molar-refractivity contribution in [2.24, 2.45) is 0 Å². The number of methoxy groups -OCH3 is 1. The van der Waals surface area contributed by atoms with Crippen molar-refractivity contribution in [2.75, 3.05) is 26.9 Å². The highest BCUT2D eigenvalue weighted by atomic mass is 35.5. The van der Waals surface area contributed by atoms with Gasteiger partial charge in [-0.05, 0) is 11.6 Å². The zero-order chi connectivity index (χ0) is 7.82. The van der Waals surface area contributed by atoms with Crippen LogP contribution in [0.3, 0.4) is 0 Å². The largest absolute Gasteiger partial charge is 0.382 e. The molecule has 0 radical (unpaired) electrons. The van der Waals surface area contributed by atoms with Crippen molar-refractivity contribution in [3.05, 3.63) is 0 Å². The summed E-state index contributed by atoms with van der Waals surface area (Å²) in [4.78, 5) is 10.1. The maximum absolute atomic E-state index is 10.1. The van der Waals surface area contributed by atoms with Gasteiger partial charge in [0.25, 0.3) is 0 Å². The molecule has 0 atom stereocenters. The van der Waals surface area contributed by atoms with E-state index in [0.29, 0.717) is 19.8 Å². The molecular formula is C6H11ClO3. The van der Waals surface area contributed by atoms with Gasteiger partial charge in [-0.15, -0.1) is 0 Å². The summed E-state index contributed by atoms with van der Waals surface area (Å²) >= 11 is 5.04. The molecule has 0 N–H and O–H groups in total. The van der Waals surface area contributed by atoms with Gasteiger partial charge in [0.15, 0.2) is 0 Å². The molecule has 0 fully saturated rings. The molecule has 0 aliphatic rings. The lowest BCUT2D eigenvalue weighted by molar-refractivity contribution is -0.112. The molecule has 0 aliphatic heterocycles. The molecule has 0 saturated carbocycles. The minimum Gasteiger partial charge on any atom is -0.382 e. The van der Waals surface area contributed by atoms with Gasteiger partial charge in [-0.2, -0.15) is 0 Å². The first-order valence-corrected chi connectivity index (χ1v) is 3.40. The summed E-state index contributed by atoms with van der Waals surface area (Å²) in [6.45, 7) is 1.45. The Balaban J connectivity index is 2.84. The van der Waals surface area contributed by atoms with Crippen molar-refractivity contribution >= 4 is 16.8 Å². The number of rotatable bonds is 6. The van der Waals surface area contributed by atoms with Crippen molar-refractivity contribution in [2.45, 2.75) is 6.42 Å². The summed E-state index contributed by atoms with van der Waals surface area (Å²) in [5.74, 6) is 0. The normalized spacial score (nSPS) is 9.80. The predicted octanol–water partition coefficient (Wildman–Crippen LogP) is 0.805. The van der Waals surface area contributed by atoms with Gasteiger partial charge in [-0.25, -0.2) is 0 Å². The molecule has 0 rings (SSSR count). The highest BCUT2D eigenvalue weighted by molar-refractivity contribution is 6.63. The number of hydrogen-bond donors (Lipinski definition) is 0. The maximum Gasteiger partial charge on any atom is 0.223 e. The molecular weight excluding hydrogens is 156 g/mol. The quantitative estimate of drug-likeness (QED) is 0.433. The molecule has 0 amide bonds. The number of hydrogen-bond acceptors (Lipinski definition) is 3. The minimum absolute atomic E-state index is 0.269. The average Bonchev–Trinajstić information content (AvgIpc) is 1.87. The van der Waals surface area contributed by atoms with Crippen LogP contribution in [0.15, 0.2) is 0 Å². The number of carbonyl (C=O) groups excluding carboxylic acids is 1. The third kappa shape index (κ3) is 7.88. The van der Waals surface area contributed by atoms with E-state index in [0.717, 1.165) is 0 Å². The molecule has 0 aliphatic carbocycles. The summed E-state index contributed by atoms with van der Waals surface area (Å²) in [6, 6.07) is 0. The zero-order valence-corrected chi connectivity index (χ0v) is 6.69. The minimum atomic E-state index is -0.364. The van der Waals surface area contributed by atoms with Crippen LogP contribution in [0.2, 0.25) is 0 Å². The van der Waals surface area contributed by atoms with E-state index >= 15 is 0 Å². The molecule has 0 aromatic carbocycles. The van der Waals surface area contributed by atoms with Crippen molar-refractivity contribution in [3.63, 3.8) is 0 Å². The van der Waals surface area contributed by atoms with E-state index in [2.05, 4.69) is 0 Å². The van der Waals surface area contributed by atoms with Gasteiger partial charge in [0, 0.05) is 13.5 Å². The molecule has 0 aromatic heterocycles. The summed E-state index contributed by atoms with van der Waals surface area (Å²) in [7, 11) is 1.59. The number of ether oxygens (including phenoxy) is 2. The Morgan fingerprint density at radius 2 is 2.10 bits per heavy atom. The topological polar surface area (TPSA) is 35.5 Å². The van der Waals surface area contributed by atoms with Gasteiger partial charge in [0.2, 0.25) is 5.24 Å². The van der Waals surface area contributed by atoms with Crippen LogP contribution in [-0.4, -0.2) is 32.2 Å². The van der Waals surface area contributed by atoms with Crippen LogP contribution in [0.5, 0.6) is 0 Å². The van der Waals surface area contributed by atoms with Gasteiger partial charge in [-0.1, -0.05) is 0 Å². The smallest absolute Gasteiger partial charge is 0.223 e. The van der Waals surface area contributed by atoms with E-state index in [1.807, 2.05) is 0 Å². The van der Waals surface area contributed by atoms with E-state index in [1.165, 1.54) is 0 Å². The van der Waals surface area contributed by atoms with E-state index in [-0.39, 0.29) is 11.7 Å². The fourth-order valence-electron chi connectivity index (χ4n) is 0.397. The highest BCUT2D eigenvalue weighted by Gasteiger charge is 1.94. The first kappa shape index (κ1) is 9.88. The fraction of sp³-hybridized carbons (Fsp3) is 0.833. The Bertz CT molecular complexity index is 95.0. The molecule has 4 heteroatoms. The average molecular weight is 167 g/mol. The summed E-state index contributed by atoms with van der Waals surface area (Å²) in [5.41, 5.74) is 0. The maximum atomic E-state index is 10.1. The van der Waals surface area contributed by atoms with Crippen LogP contribution >= 0.6 is 11.6 Å². The molecule has 0 bridgehead atoms. The van der Waals surface area contributed by atoms with Crippen molar-refractivity contribution < 1.29 is 14.3 Å². The van der Waals surface area contributed by atoms with E-state index < -0.39 is 0 Å². The highest BCUT2D eigenvalue weighted by Crippen LogP contribution is 1.88. The molecule has 60 valence electrons. The molecule has 0 heterocycles. The summed E-state index contributed by atoms with van der Waals surface area (Å²) in [5, 5.41) is -0.364. The van der Waals surface area contributed by atoms with Crippen LogP contribution < -0.4 is 0 Å². The van der Waals surface area contributed by atoms with Gasteiger partial charge >= 0.3 is 0 Å². The Morgan fingerprint density at radius 3 is 2.60 bits per heavy atom. The SMILES string of the molecule is COCCOCCC(=O)Cl. The lowest BCUT2D eigenvalue weighted by atomic mass is 10.5. The standard InChI is InChI=1S/C6H11ClO3/c1-9-4-5-10-3-2-6(7)8/h2-5H2,1H3. The first-order valence-electron chi connectivity index (χ1n) is 3.02. The van der Waals surface area contributed by atoms with E-state index in [4.69, 9.17) is 21.1 Å². The van der Waals surface area contributed by atoms with Crippen molar-refractivity contribution in [1.29, 1.82) is 0 Å². The Morgan fingerprint density at radius 1 is 1.40 bits per heavy atom. The fourth-order valence-corrected chi connectivity index (χ4v) is 0.474. The lowest BCUT2D eigenvalue weighted by Gasteiger charge is -1.99. The molecule has 3 nitrogen and oxygen atoms in total. The second-order valence-corrected chi connectivity index (χ2v) is 2.13. The van der Waals surface area contributed by atoms with Crippen LogP contribution in [0.1, 0.15) is 6.42 Å². The predicted molar refractivity (Wildman–Crippen MR) is 38.2 cm³/mol. The van der Waals surface area contributed by atoms with E-state index in [9.17, 15) is 4.79 Å². The van der Waals surface area contributed by atoms with Crippen LogP contribution in [0.4, 0.5) is 0 Å². The summed E-state index contributed by atoms with van der Waals surface area (Å²) < 4.78 is 9.66. The third-order valence-electron chi connectivity index (χ3n) is 0.875. The van der Waals surface area contributed by atoms with E-state index in [1.54, 1.807) is 7.11 Å². The first-order chi connectivity index (χ1) is 4.77. The molecule has 10 heavy (non-hydrogen) atoms. The number of halogens is 1. The van der Waals surface area contributed by atoms with Crippen LogP contribution in [0, 0.1) is 0 Å². The Kier molecular flexibility index (Phi) is 6.91. The zero-order valence-electron chi connectivity index (χ0n) is 5.93. The Hall–Kier alpha value is -0.120. The molecule has 0 aromatic rings. The van der Waals surface area contributed by atoms with Crippen LogP contribution in [0.25, 0.3) is 0 Å². The monoisotopic (exact) mass is 166 g/mol. The second kappa shape index (κ2) is 6.99. The third-order valence-corrected chi connectivity index (χ3v) is 1.06. The van der Waals surface area contributed by atoms with Gasteiger partial charge in [0.05, 0.1) is 19.8 Å². The molecule has 0 unspecified atom stereocenters. The lowest BCUT2D eigenvalue weighted by Crippen LogP contribution is -2.04. The van der Waals surface area contributed by atoms with Crippen molar-refractivity contribution in [3.8, 4) is 0 Å². The Labute approximate surface area is 65.3 Å². The number of carbonyl (C=O) groups is 1. The van der Waals surface area contributed by atoms with Gasteiger partial charge in [0.1, 0.15) is 0 Å². The van der Waals surface area contributed by atoms with Gasteiger partial charge in [-0.3, -0.25) is 4.79 Å². The van der Waals surface area contributed by atoms with Gasteiger partial charge < -0.3 is 9.47 Å². The summed E-state index contributed by atoms with van der Waals surface area (Å²) in [6.07, 6.45) is 0.269. The van der Waals surface area contributed by atoms with Crippen LogP contribution in [-0.2, 0) is 14.3 Å². The van der Waals surface area contributed by atoms with Crippen molar-refractivity contribution in [1.82, 2.24) is 0 Å². The second-order valence-electron chi connectivity index (χ2n) is 1.71. The molecule has 0 saturated heterocycles.